The molecule has 0 aliphatic heterocycles. The van der Waals surface area contributed by atoms with Crippen molar-refractivity contribution in [3.05, 3.63) is 29.3 Å². The highest BCUT2D eigenvalue weighted by atomic mass is 35.5. The van der Waals surface area contributed by atoms with Crippen LogP contribution in [-0.4, -0.2) is 16.4 Å². The van der Waals surface area contributed by atoms with Crippen molar-refractivity contribution in [3.63, 3.8) is 0 Å². The number of fused-ring (bicyclic) bond motifs is 1. The zero-order chi connectivity index (χ0) is 11.0. The van der Waals surface area contributed by atoms with Crippen molar-refractivity contribution in [1.82, 2.24) is 9.38 Å². The van der Waals surface area contributed by atoms with E-state index >= 15 is 0 Å². The van der Waals surface area contributed by atoms with Gasteiger partial charge in [0.05, 0.1) is 5.69 Å². The Kier molecular flexibility index (Phi) is 2.57. The lowest BCUT2D eigenvalue weighted by atomic mass is 10.2. The Morgan fingerprint density at radius 1 is 1.47 bits per heavy atom. The van der Waals surface area contributed by atoms with Crippen molar-refractivity contribution in [2.24, 2.45) is 0 Å². The van der Waals surface area contributed by atoms with Gasteiger partial charge in [-0.1, -0.05) is 25.4 Å². The molecule has 80 valence electrons. The van der Waals surface area contributed by atoms with Crippen LogP contribution in [0, 0.1) is 0 Å². The molecule has 0 saturated heterocycles. The first-order valence-corrected chi connectivity index (χ1v) is 5.37. The molecule has 0 bridgehead atoms. The Morgan fingerprint density at radius 2 is 2.20 bits per heavy atom. The molecule has 0 amide bonds. The number of halogens is 1. The monoisotopic (exact) mass is 223 g/mol. The maximum absolute atomic E-state index is 6.13. The molecule has 4 heteroatoms. The van der Waals surface area contributed by atoms with Crippen LogP contribution in [0.3, 0.4) is 0 Å². The number of imidazole rings is 1. The van der Waals surface area contributed by atoms with E-state index in [1.54, 1.807) is 0 Å². The van der Waals surface area contributed by atoms with Gasteiger partial charge in [0.2, 0.25) is 0 Å². The Morgan fingerprint density at radius 3 is 2.80 bits per heavy atom. The van der Waals surface area contributed by atoms with Crippen molar-refractivity contribution in [1.29, 1.82) is 0 Å². The average Bonchev–Trinajstić information content (AvgIpc) is 2.56. The van der Waals surface area contributed by atoms with Crippen LogP contribution in [0.1, 0.15) is 25.6 Å². The molecular weight excluding hydrogens is 210 g/mol. The first kappa shape index (κ1) is 10.3. The minimum atomic E-state index is 0.358. The summed E-state index contributed by atoms with van der Waals surface area (Å²) in [5.41, 5.74) is 1.95. The highest BCUT2D eigenvalue weighted by Crippen LogP contribution is 2.28. The van der Waals surface area contributed by atoms with E-state index in [1.807, 2.05) is 29.8 Å². The second-order valence-corrected chi connectivity index (χ2v) is 4.16. The summed E-state index contributed by atoms with van der Waals surface area (Å²) in [5.74, 6) is 1.35. The third kappa shape index (κ3) is 1.57. The van der Waals surface area contributed by atoms with Crippen LogP contribution in [0.25, 0.3) is 5.52 Å². The van der Waals surface area contributed by atoms with Gasteiger partial charge in [0.25, 0.3) is 0 Å². The number of nitrogens with one attached hydrogen (secondary N) is 1. The number of hydrogen-bond acceptors (Lipinski definition) is 2. The zero-order valence-corrected chi connectivity index (χ0v) is 9.84. The molecule has 2 aromatic heterocycles. The highest BCUT2D eigenvalue weighted by Gasteiger charge is 2.14. The van der Waals surface area contributed by atoms with Crippen LogP contribution >= 0.6 is 11.6 Å². The Labute approximate surface area is 94.1 Å². The summed E-state index contributed by atoms with van der Waals surface area (Å²) in [6.07, 6.45) is 1.99. The molecule has 0 aromatic carbocycles. The van der Waals surface area contributed by atoms with Gasteiger partial charge in [0, 0.05) is 19.2 Å². The summed E-state index contributed by atoms with van der Waals surface area (Å²) >= 11 is 6.13. The van der Waals surface area contributed by atoms with Crippen molar-refractivity contribution in [2.75, 3.05) is 12.4 Å². The van der Waals surface area contributed by atoms with Gasteiger partial charge in [0.15, 0.2) is 5.15 Å². The van der Waals surface area contributed by atoms with Crippen molar-refractivity contribution >= 4 is 22.8 Å². The Bertz CT molecular complexity index is 488. The van der Waals surface area contributed by atoms with Gasteiger partial charge in [-0.25, -0.2) is 4.98 Å². The SMILES string of the molecule is CNc1cccn2c(C(C)C)nc(Cl)c12. The van der Waals surface area contributed by atoms with E-state index < -0.39 is 0 Å². The first-order valence-electron chi connectivity index (χ1n) is 4.99. The van der Waals surface area contributed by atoms with Gasteiger partial charge in [-0.15, -0.1) is 0 Å². The van der Waals surface area contributed by atoms with E-state index in [2.05, 4.69) is 24.1 Å². The molecule has 1 N–H and O–H groups in total. The minimum absolute atomic E-state index is 0.358. The second-order valence-electron chi connectivity index (χ2n) is 3.81. The molecule has 15 heavy (non-hydrogen) atoms. The van der Waals surface area contributed by atoms with Crippen molar-refractivity contribution in [3.8, 4) is 0 Å². The van der Waals surface area contributed by atoms with E-state index in [0.29, 0.717) is 11.1 Å². The molecule has 0 saturated carbocycles. The van der Waals surface area contributed by atoms with Gasteiger partial charge in [-0.05, 0) is 12.1 Å². The van der Waals surface area contributed by atoms with Gasteiger partial charge in [-0.3, -0.25) is 0 Å². The van der Waals surface area contributed by atoms with Crippen LogP contribution in [0.15, 0.2) is 18.3 Å². The summed E-state index contributed by atoms with van der Waals surface area (Å²) in [6, 6.07) is 3.98. The van der Waals surface area contributed by atoms with E-state index in [9.17, 15) is 0 Å². The fourth-order valence-corrected chi connectivity index (χ4v) is 2.01. The summed E-state index contributed by atoms with van der Waals surface area (Å²) in [5, 5.41) is 3.68. The molecule has 0 fully saturated rings. The molecule has 2 aromatic rings. The molecule has 0 unspecified atom stereocenters. The van der Waals surface area contributed by atoms with Gasteiger partial charge < -0.3 is 9.72 Å². The molecule has 0 aliphatic carbocycles. The summed E-state index contributed by atoms with van der Waals surface area (Å²) in [6.45, 7) is 4.22. The number of hydrogen-bond donors (Lipinski definition) is 1. The second kappa shape index (κ2) is 3.74. The maximum atomic E-state index is 6.13. The standard InChI is InChI=1S/C11H14ClN3/c1-7(2)11-14-10(12)9-8(13-3)5-4-6-15(9)11/h4-7,13H,1-3H3. The smallest absolute Gasteiger partial charge is 0.157 e. The molecule has 0 atom stereocenters. The maximum Gasteiger partial charge on any atom is 0.157 e. The van der Waals surface area contributed by atoms with Gasteiger partial charge in [0.1, 0.15) is 11.3 Å². The predicted molar refractivity (Wildman–Crippen MR) is 63.8 cm³/mol. The van der Waals surface area contributed by atoms with E-state index in [4.69, 9.17) is 11.6 Å². The molecule has 0 spiro atoms. The lowest BCUT2D eigenvalue weighted by Gasteiger charge is -2.06. The molecular formula is C11H14ClN3. The lowest BCUT2D eigenvalue weighted by Crippen LogP contribution is -1.98. The van der Waals surface area contributed by atoms with E-state index in [1.165, 1.54) is 0 Å². The quantitative estimate of drug-likeness (QED) is 0.848. The predicted octanol–water partition coefficient (Wildman–Crippen LogP) is 3.15. The molecule has 3 nitrogen and oxygen atoms in total. The molecule has 0 aliphatic rings. The number of pyridine rings is 1. The van der Waals surface area contributed by atoms with Crippen LogP contribution in [0.2, 0.25) is 5.15 Å². The average molecular weight is 224 g/mol. The third-order valence-electron chi connectivity index (χ3n) is 2.43. The van der Waals surface area contributed by atoms with Crippen LogP contribution < -0.4 is 5.32 Å². The van der Waals surface area contributed by atoms with E-state index in [0.717, 1.165) is 17.0 Å². The molecule has 0 radical (unpaired) electrons. The van der Waals surface area contributed by atoms with Crippen LogP contribution in [0.5, 0.6) is 0 Å². The van der Waals surface area contributed by atoms with Gasteiger partial charge in [-0.2, -0.15) is 0 Å². The van der Waals surface area contributed by atoms with Crippen molar-refractivity contribution in [2.45, 2.75) is 19.8 Å². The van der Waals surface area contributed by atoms with Crippen LogP contribution in [0.4, 0.5) is 5.69 Å². The third-order valence-corrected chi connectivity index (χ3v) is 2.70. The summed E-state index contributed by atoms with van der Waals surface area (Å²) < 4.78 is 2.04. The molecule has 2 rings (SSSR count). The van der Waals surface area contributed by atoms with Crippen LogP contribution in [-0.2, 0) is 0 Å². The number of rotatable bonds is 2. The van der Waals surface area contributed by atoms with Gasteiger partial charge >= 0.3 is 0 Å². The lowest BCUT2D eigenvalue weighted by molar-refractivity contribution is 0.770. The fraction of sp³-hybridized carbons (Fsp3) is 0.364. The topological polar surface area (TPSA) is 29.3 Å². The number of nitrogens with zero attached hydrogens (tertiary/aromatic N) is 2. The van der Waals surface area contributed by atoms with E-state index in [-0.39, 0.29) is 0 Å². The van der Waals surface area contributed by atoms with Crippen molar-refractivity contribution < 1.29 is 0 Å². The fourth-order valence-electron chi connectivity index (χ4n) is 1.73. The Balaban J connectivity index is 2.79. The first-order chi connectivity index (χ1) is 7.15. The zero-order valence-electron chi connectivity index (χ0n) is 9.08. The molecule has 2 heterocycles. The Hall–Kier alpha value is -1.22. The number of anilines is 1. The normalized spacial score (nSPS) is 11.3. The highest BCUT2D eigenvalue weighted by molar-refractivity contribution is 6.33. The number of aromatic nitrogens is 2. The summed E-state index contributed by atoms with van der Waals surface area (Å²) in [7, 11) is 1.88. The summed E-state index contributed by atoms with van der Waals surface area (Å²) in [4.78, 5) is 4.39. The largest absolute Gasteiger partial charge is 0.386 e. The minimum Gasteiger partial charge on any atom is -0.386 e.